The lowest BCUT2D eigenvalue weighted by Gasteiger charge is -2.21. The Hall–Kier alpha value is -0.630. The summed E-state index contributed by atoms with van der Waals surface area (Å²) in [6, 6.07) is 9.24. The first-order valence-corrected chi connectivity index (χ1v) is 6.77. The predicted molar refractivity (Wildman–Crippen MR) is 68.6 cm³/mol. The monoisotopic (exact) mass is 221 g/mol. The van der Waals surface area contributed by atoms with Crippen LogP contribution >= 0.6 is 11.8 Å². The number of hydrogen-bond donors (Lipinski definition) is 1. The summed E-state index contributed by atoms with van der Waals surface area (Å²) in [5.41, 5.74) is 1.79. The maximum absolute atomic E-state index is 3.61. The van der Waals surface area contributed by atoms with Crippen LogP contribution in [-0.2, 0) is 0 Å². The van der Waals surface area contributed by atoms with Gasteiger partial charge in [-0.2, -0.15) is 0 Å². The Morgan fingerprint density at radius 1 is 1.40 bits per heavy atom. The lowest BCUT2D eigenvalue weighted by atomic mass is 10.0. The number of benzene rings is 1. The fourth-order valence-corrected chi connectivity index (χ4v) is 2.23. The molecule has 0 spiro atoms. The van der Waals surface area contributed by atoms with Crippen LogP contribution in [0.1, 0.15) is 26.7 Å². The smallest absolute Gasteiger partial charge is 0.0353 e. The third-order valence-electron chi connectivity index (χ3n) is 3.54. The van der Waals surface area contributed by atoms with Gasteiger partial charge < -0.3 is 5.32 Å². The van der Waals surface area contributed by atoms with Crippen LogP contribution in [0.15, 0.2) is 29.2 Å². The van der Waals surface area contributed by atoms with Crippen molar-refractivity contribution in [3.63, 3.8) is 0 Å². The molecule has 0 saturated heterocycles. The van der Waals surface area contributed by atoms with E-state index in [0.29, 0.717) is 11.5 Å². The summed E-state index contributed by atoms with van der Waals surface area (Å²) >= 11 is 1.79. The average molecular weight is 221 g/mol. The van der Waals surface area contributed by atoms with Gasteiger partial charge in [0, 0.05) is 16.6 Å². The van der Waals surface area contributed by atoms with E-state index in [-0.39, 0.29) is 0 Å². The molecule has 2 rings (SSSR count). The normalized spacial score (nSPS) is 19.7. The molecule has 15 heavy (non-hydrogen) atoms. The summed E-state index contributed by atoms with van der Waals surface area (Å²) in [5, 5.41) is 3.61. The van der Waals surface area contributed by atoms with E-state index >= 15 is 0 Å². The molecule has 0 bridgehead atoms. The first kappa shape index (κ1) is 10.9. The Kier molecular flexibility index (Phi) is 2.96. The number of anilines is 1. The van der Waals surface area contributed by atoms with Crippen molar-refractivity contribution >= 4 is 17.4 Å². The van der Waals surface area contributed by atoms with Gasteiger partial charge in [-0.1, -0.05) is 13.0 Å². The molecule has 1 aromatic rings. The second kappa shape index (κ2) is 4.09. The minimum Gasteiger partial charge on any atom is -0.382 e. The molecule has 82 valence electrons. The molecule has 0 aliphatic heterocycles. The number of hydrogen-bond acceptors (Lipinski definition) is 2. The van der Waals surface area contributed by atoms with Crippen LogP contribution in [0, 0.1) is 5.41 Å². The van der Waals surface area contributed by atoms with Gasteiger partial charge in [0.2, 0.25) is 0 Å². The Morgan fingerprint density at radius 3 is 2.73 bits per heavy atom. The summed E-state index contributed by atoms with van der Waals surface area (Å²) in [6.07, 6.45) is 4.84. The van der Waals surface area contributed by atoms with Crippen LogP contribution in [0.5, 0.6) is 0 Å². The molecule has 1 N–H and O–H groups in total. The van der Waals surface area contributed by atoms with Crippen LogP contribution in [0.2, 0.25) is 0 Å². The van der Waals surface area contributed by atoms with Gasteiger partial charge in [0.25, 0.3) is 0 Å². The largest absolute Gasteiger partial charge is 0.382 e. The van der Waals surface area contributed by atoms with Gasteiger partial charge in [-0.15, -0.1) is 11.8 Å². The van der Waals surface area contributed by atoms with Gasteiger partial charge >= 0.3 is 0 Å². The summed E-state index contributed by atoms with van der Waals surface area (Å²) in [7, 11) is 0. The quantitative estimate of drug-likeness (QED) is 0.771. The molecule has 0 radical (unpaired) electrons. The molecule has 0 amide bonds. The lowest BCUT2D eigenvalue weighted by Crippen LogP contribution is -2.24. The van der Waals surface area contributed by atoms with E-state index in [4.69, 9.17) is 0 Å². The second-order valence-electron chi connectivity index (χ2n) is 4.75. The molecular formula is C13H19NS. The molecule has 1 aliphatic carbocycles. The van der Waals surface area contributed by atoms with Gasteiger partial charge in [-0.05, 0) is 49.6 Å². The van der Waals surface area contributed by atoms with Crippen LogP contribution in [0.25, 0.3) is 0 Å². The molecule has 1 saturated carbocycles. The molecule has 2 heteroatoms. The third kappa shape index (κ3) is 2.49. The maximum atomic E-state index is 3.61. The van der Waals surface area contributed by atoms with Gasteiger partial charge in [-0.3, -0.25) is 0 Å². The van der Waals surface area contributed by atoms with E-state index in [0.717, 1.165) is 0 Å². The Balaban J connectivity index is 2.03. The standard InChI is InChI=1S/C13H19NS/c1-10(13(2)7-8-13)14-11-5-4-6-12(9-11)15-3/h4-6,9-10,14H,7-8H2,1-3H3. The van der Waals surface area contributed by atoms with Gasteiger partial charge in [0.15, 0.2) is 0 Å². The van der Waals surface area contributed by atoms with Gasteiger partial charge in [-0.25, -0.2) is 0 Å². The lowest BCUT2D eigenvalue weighted by molar-refractivity contribution is 0.493. The summed E-state index contributed by atoms with van der Waals surface area (Å²) in [4.78, 5) is 1.33. The molecule has 1 aliphatic rings. The van der Waals surface area contributed by atoms with Crippen molar-refractivity contribution in [3.05, 3.63) is 24.3 Å². The van der Waals surface area contributed by atoms with Crippen molar-refractivity contribution in [1.29, 1.82) is 0 Å². The summed E-state index contributed by atoms with van der Waals surface area (Å²) < 4.78 is 0. The SMILES string of the molecule is CSc1cccc(NC(C)C2(C)CC2)c1. The predicted octanol–water partition coefficient (Wildman–Crippen LogP) is 4.01. The van der Waals surface area contributed by atoms with Crippen molar-refractivity contribution < 1.29 is 0 Å². The highest BCUT2D eigenvalue weighted by Gasteiger charge is 2.42. The molecule has 1 fully saturated rings. The Labute approximate surface area is 96.7 Å². The van der Waals surface area contributed by atoms with Crippen molar-refractivity contribution in [2.45, 2.75) is 37.6 Å². The molecular weight excluding hydrogens is 202 g/mol. The molecule has 0 aromatic heterocycles. The van der Waals surface area contributed by atoms with Crippen LogP contribution in [-0.4, -0.2) is 12.3 Å². The zero-order valence-electron chi connectivity index (χ0n) is 9.71. The Bertz CT molecular complexity index is 344. The van der Waals surface area contributed by atoms with E-state index in [1.165, 1.54) is 23.4 Å². The topological polar surface area (TPSA) is 12.0 Å². The Morgan fingerprint density at radius 2 is 2.13 bits per heavy atom. The molecule has 1 aromatic carbocycles. The fourth-order valence-electron chi connectivity index (χ4n) is 1.77. The first-order valence-electron chi connectivity index (χ1n) is 5.55. The minimum atomic E-state index is 0.537. The van der Waals surface area contributed by atoms with Crippen LogP contribution < -0.4 is 5.32 Å². The molecule has 0 heterocycles. The maximum Gasteiger partial charge on any atom is 0.0353 e. The highest BCUT2D eigenvalue weighted by molar-refractivity contribution is 7.98. The second-order valence-corrected chi connectivity index (χ2v) is 5.63. The van der Waals surface area contributed by atoms with Gasteiger partial charge in [0.05, 0.1) is 0 Å². The summed E-state index contributed by atoms with van der Waals surface area (Å²) in [5.74, 6) is 0. The van der Waals surface area contributed by atoms with E-state index in [2.05, 4.69) is 49.7 Å². The molecule has 1 unspecified atom stereocenters. The first-order chi connectivity index (χ1) is 7.14. The highest BCUT2D eigenvalue weighted by Crippen LogP contribution is 2.48. The minimum absolute atomic E-state index is 0.537. The molecule has 1 nitrogen and oxygen atoms in total. The van der Waals surface area contributed by atoms with Crippen molar-refractivity contribution in [2.24, 2.45) is 5.41 Å². The summed E-state index contributed by atoms with van der Waals surface area (Å²) in [6.45, 7) is 4.65. The zero-order chi connectivity index (χ0) is 10.9. The van der Waals surface area contributed by atoms with Crippen LogP contribution in [0.4, 0.5) is 5.69 Å². The molecule has 1 atom stereocenters. The van der Waals surface area contributed by atoms with Crippen LogP contribution in [0.3, 0.4) is 0 Å². The number of rotatable bonds is 4. The average Bonchev–Trinajstić information content (AvgIpc) is 2.98. The van der Waals surface area contributed by atoms with Crippen molar-refractivity contribution in [1.82, 2.24) is 0 Å². The number of nitrogens with one attached hydrogen (secondary N) is 1. The van der Waals surface area contributed by atoms with E-state index in [1.807, 2.05) is 0 Å². The highest BCUT2D eigenvalue weighted by atomic mass is 32.2. The van der Waals surface area contributed by atoms with Crippen molar-refractivity contribution in [2.75, 3.05) is 11.6 Å². The van der Waals surface area contributed by atoms with Crippen molar-refractivity contribution in [3.8, 4) is 0 Å². The van der Waals surface area contributed by atoms with E-state index in [9.17, 15) is 0 Å². The van der Waals surface area contributed by atoms with Gasteiger partial charge in [0.1, 0.15) is 0 Å². The van der Waals surface area contributed by atoms with E-state index < -0.39 is 0 Å². The number of thioether (sulfide) groups is 1. The zero-order valence-corrected chi connectivity index (χ0v) is 10.5. The fraction of sp³-hybridized carbons (Fsp3) is 0.538. The van der Waals surface area contributed by atoms with E-state index in [1.54, 1.807) is 11.8 Å². The third-order valence-corrected chi connectivity index (χ3v) is 4.26.